The van der Waals surface area contributed by atoms with Crippen LogP contribution in [0.15, 0.2) is 54.6 Å². The molecule has 1 heterocycles. The van der Waals surface area contributed by atoms with E-state index in [1.54, 1.807) is 12.1 Å². The first-order valence-electron chi connectivity index (χ1n) is 14.1. The van der Waals surface area contributed by atoms with E-state index >= 15 is 8.78 Å². The topological polar surface area (TPSA) is 114 Å². The molecule has 1 aromatic heterocycles. The van der Waals surface area contributed by atoms with Gasteiger partial charge in [0.05, 0.1) is 44.1 Å². The van der Waals surface area contributed by atoms with Gasteiger partial charge in [-0.2, -0.15) is 4.98 Å². The molecule has 1 aliphatic rings. The molecular weight excluding hydrogens is 546 g/mol. The Morgan fingerprint density at radius 1 is 0.905 bits per heavy atom. The molecule has 42 heavy (non-hydrogen) atoms. The maximum absolute atomic E-state index is 15.6. The van der Waals surface area contributed by atoms with Crippen LogP contribution in [0.25, 0.3) is 33.3 Å². The van der Waals surface area contributed by atoms with Crippen molar-refractivity contribution in [3.05, 3.63) is 71.8 Å². The predicted octanol–water partition coefficient (Wildman–Crippen LogP) is 6.11. The number of carboxylic acid groups (broad SMARTS) is 1. The zero-order valence-electron chi connectivity index (χ0n) is 23.2. The highest BCUT2D eigenvalue weighted by Gasteiger charge is 2.26. The molecule has 8 nitrogen and oxygen atoms in total. The Hall–Kier alpha value is -3.86. The maximum Gasteiger partial charge on any atom is 0.303 e. The van der Waals surface area contributed by atoms with E-state index in [1.165, 1.54) is 6.07 Å². The van der Waals surface area contributed by atoms with Gasteiger partial charge in [0.25, 0.3) is 6.01 Å². The quantitative estimate of drug-likeness (QED) is 0.164. The van der Waals surface area contributed by atoms with Crippen molar-refractivity contribution in [2.24, 2.45) is 5.92 Å². The first-order chi connectivity index (χ1) is 20.4. The third-order valence-electron chi connectivity index (χ3n) is 7.52. The zero-order chi connectivity index (χ0) is 29.5. The largest absolute Gasteiger partial charge is 0.481 e. The van der Waals surface area contributed by atoms with E-state index in [9.17, 15) is 4.79 Å². The molecule has 10 heteroatoms. The third-order valence-corrected chi connectivity index (χ3v) is 7.52. The summed E-state index contributed by atoms with van der Waals surface area (Å²) >= 11 is 0. The summed E-state index contributed by atoms with van der Waals surface area (Å²) in [6.07, 6.45) is 2.83. The molecule has 3 N–H and O–H groups in total. The molecule has 0 atom stereocenters. The molecule has 3 aromatic carbocycles. The van der Waals surface area contributed by atoms with E-state index in [-0.39, 0.29) is 47.7 Å². The number of ether oxygens (including phenoxy) is 3. The van der Waals surface area contributed by atoms with Gasteiger partial charge in [-0.1, -0.05) is 48.5 Å². The van der Waals surface area contributed by atoms with Crippen molar-refractivity contribution >= 4 is 17.0 Å². The van der Waals surface area contributed by atoms with Gasteiger partial charge in [0.15, 0.2) is 5.82 Å². The summed E-state index contributed by atoms with van der Waals surface area (Å²) in [5, 5.41) is 17.7. The fourth-order valence-corrected chi connectivity index (χ4v) is 5.33. The normalized spacial score (nSPS) is 17.0. The number of aromatic nitrogens is 2. The van der Waals surface area contributed by atoms with E-state index in [0.717, 1.165) is 29.5 Å². The molecule has 0 saturated heterocycles. The first-order valence-corrected chi connectivity index (χ1v) is 14.1. The highest BCUT2D eigenvalue weighted by atomic mass is 19.1. The minimum Gasteiger partial charge on any atom is -0.481 e. The summed E-state index contributed by atoms with van der Waals surface area (Å²) in [6, 6.07) is 16.2. The van der Waals surface area contributed by atoms with Crippen LogP contribution in [0.4, 0.5) is 8.78 Å². The summed E-state index contributed by atoms with van der Waals surface area (Å²) < 4.78 is 47.4. The Bertz CT molecular complexity index is 1480. The second-order valence-corrected chi connectivity index (χ2v) is 10.5. The zero-order valence-corrected chi connectivity index (χ0v) is 23.2. The summed E-state index contributed by atoms with van der Waals surface area (Å²) in [7, 11) is 0. The van der Waals surface area contributed by atoms with Gasteiger partial charge in [-0.05, 0) is 53.9 Å². The van der Waals surface area contributed by atoms with Gasteiger partial charge >= 0.3 is 5.97 Å². The summed E-state index contributed by atoms with van der Waals surface area (Å²) in [4.78, 5) is 18.1. The van der Waals surface area contributed by atoms with Crippen molar-refractivity contribution < 1.29 is 38.0 Å². The Morgan fingerprint density at radius 2 is 1.55 bits per heavy atom. The number of aromatic amines is 1. The number of fused-ring (bicyclic) bond motifs is 1. The van der Waals surface area contributed by atoms with Crippen molar-refractivity contribution in [2.45, 2.75) is 44.8 Å². The fourth-order valence-electron chi connectivity index (χ4n) is 5.33. The fraction of sp³-hybridized carbons (Fsp3) is 0.375. The smallest absolute Gasteiger partial charge is 0.303 e. The minimum absolute atomic E-state index is 0.00260. The van der Waals surface area contributed by atoms with Crippen LogP contribution in [0.1, 0.15) is 37.7 Å². The van der Waals surface area contributed by atoms with E-state index in [2.05, 4.69) is 9.97 Å². The van der Waals surface area contributed by atoms with Gasteiger partial charge in [0.1, 0.15) is 17.4 Å². The van der Waals surface area contributed by atoms with E-state index in [4.69, 9.17) is 24.4 Å². The van der Waals surface area contributed by atoms with Gasteiger partial charge in [-0.25, -0.2) is 8.78 Å². The number of nitrogens with zero attached hydrogens (tertiary/aromatic N) is 1. The van der Waals surface area contributed by atoms with Crippen LogP contribution in [0.3, 0.4) is 0 Å². The number of carbonyl (C=O) groups is 1. The van der Waals surface area contributed by atoms with Crippen molar-refractivity contribution in [3.63, 3.8) is 0 Å². The molecule has 222 valence electrons. The second-order valence-electron chi connectivity index (χ2n) is 10.5. The number of aliphatic hydroxyl groups excluding tert-OH is 1. The minimum atomic E-state index is -0.797. The predicted molar refractivity (Wildman–Crippen MR) is 153 cm³/mol. The number of carboxylic acids is 1. The molecule has 1 aliphatic carbocycles. The lowest BCUT2D eigenvalue weighted by Gasteiger charge is -2.27. The molecule has 0 spiro atoms. The number of nitrogens with one attached hydrogen (secondary N) is 1. The Balaban J connectivity index is 1.23. The lowest BCUT2D eigenvalue weighted by Crippen LogP contribution is -2.25. The van der Waals surface area contributed by atoms with E-state index in [0.29, 0.717) is 44.8 Å². The van der Waals surface area contributed by atoms with Crippen molar-refractivity contribution in [1.82, 2.24) is 9.97 Å². The van der Waals surface area contributed by atoms with E-state index in [1.807, 2.05) is 36.4 Å². The molecule has 0 radical (unpaired) electrons. The van der Waals surface area contributed by atoms with Crippen molar-refractivity contribution in [1.29, 1.82) is 0 Å². The first kappa shape index (κ1) is 29.6. The number of halogens is 2. The van der Waals surface area contributed by atoms with Crippen molar-refractivity contribution in [3.8, 4) is 28.3 Å². The molecule has 0 aliphatic heterocycles. The van der Waals surface area contributed by atoms with Crippen LogP contribution >= 0.6 is 0 Å². The van der Waals surface area contributed by atoms with Gasteiger partial charge in [-0.3, -0.25) is 4.79 Å². The summed E-state index contributed by atoms with van der Waals surface area (Å²) in [6.45, 7) is 1.59. The van der Waals surface area contributed by atoms with E-state index < -0.39 is 17.6 Å². The second kappa shape index (κ2) is 13.9. The number of hydrogen-bond donors (Lipinski definition) is 3. The highest BCUT2D eigenvalue weighted by molar-refractivity contribution is 5.84. The highest BCUT2D eigenvalue weighted by Crippen LogP contribution is 2.34. The number of aliphatic hydroxyl groups is 1. The Morgan fingerprint density at radius 3 is 2.21 bits per heavy atom. The Kier molecular flexibility index (Phi) is 9.78. The molecule has 1 fully saturated rings. The van der Waals surface area contributed by atoms with Crippen LogP contribution in [0.5, 0.6) is 6.01 Å². The van der Waals surface area contributed by atoms with Gasteiger partial charge in [-0.15, -0.1) is 0 Å². The van der Waals surface area contributed by atoms with Gasteiger partial charge < -0.3 is 29.4 Å². The molecule has 0 amide bonds. The van der Waals surface area contributed by atoms with Crippen LogP contribution in [0.2, 0.25) is 0 Å². The molecule has 0 bridgehead atoms. The summed E-state index contributed by atoms with van der Waals surface area (Å²) in [5.74, 6) is -2.14. The van der Waals surface area contributed by atoms with Crippen LogP contribution in [-0.2, 0) is 20.9 Å². The van der Waals surface area contributed by atoms with Crippen molar-refractivity contribution in [2.75, 3.05) is 26.4 Å². The lowest BCUT2D eigenvalue weighted by atomic mass is 9.85. The standard InChI is InChI=1S/C32H34F2N2O6/c33-26-18-27-31(36-32(35-27)42-25-11-3-20(4-12-25)17-28(38)39)30(34)29(26)24-9-7-23(8-10-24)22-5-1-21(2-6-22)19-41-16-15-40-14-13-37/h1-2,5-10,18,20,25,37H,3-4,11-17,19H2,(H,35,36)(H,38,39)/t20-,25-. The molecule has 1 saturated carbocycles. The summed E-state index contributed by atoms with van der Waals surface area (Å²) in [5.41, 5.74) is 3.31. The Labute approximate surface area is 242 Å². The molecule has 5 rings (SSSR count). The number of rotatable bonds is 13. The maximum atomic E-state index is 15.6. The number of imidazole rings is 1. The third kappa shape index (κ3) is 7.31. The average molecular weight is 581 g/mol. The lowest BCUT2D eigenvalue weighted by molar-refractivity contribution is -0.138. The molecule has 4 aromatic rings. The molecule has 0 unspecified atom stereocenters. The number of hydrogen-bond acceptors (Lipinski definition) is 6. The average Bonchev–Trinajstić information content (AvgIpc) is 3.39. The SMILES string of the molecule is O=C(O)C[C@H]1CC[C@H](Oc2nc3c(F)c(-c4ccc(-c5ccc(COCCOCCO)cc5)cc4)c(F)cc3[nH]2)CC1. The number of benzene rings is 3. The number of aliphatic carboxylic acids is 1. The number of H-pyrrole nitrogens is 1. The van der Waals surface area contributed by atoms with Crippen LogP contribution in [0, 0.1) is 17.6 Å². The monoisotopic (exact) mass is 580 g/mol. The molecular formula is C32H34F2N2O6. The van der Waals surface area contributed by atoms with Gasteiger partial charge in [0.2, 0.25) is 0 Å². The van der Waals surface area contributed by atoms with Gasteiger partial charge in [0, 0.05) is 12.5 Å². The van der Waals surface area contributed by atoms with Crippen LogP contribution < -0.4 is 4.74 Å². The van der Waals surface area contributed by atoms with Crippen LogP contribution in [-0.4, -0.2) is 58.7 Å².